The Kier molecular flexibility index (Phi) is 6.94. The average Bonchev–Trinajstić information content (AvgIpc) is 2.53. The summed E-state index contributed by atoms with van der Waals surface area (Å²) >= 11 is 5.90. The van der Waals surface area contributed by atoms with Crippen LogP contribution in [0.2, 0.25) is 5.02 Å². The van der Waals surface area contributed by atoms with Gasteiger partial charge in [-0.3, -0.25) is 4.79 Å². The Balaban J connectivity index is 1.81. The Morgan fingerprint density at radius 1 is 1.12 bits per heavy atom. The van der Waals surface area contributed by atoms with Crippen LogP contribution in [0.1, 0.15) is 20.3 Å². The van der Waals surface area contributed by atoms with E-state index in [4.69, 9.17) is 16.3 Å². The number of hydrogen-bond donors (Lipinski definition) is 2. The molecule has 2 N–H and O–H groups in total. The van der Waals surface area contributed by atoms with Gasteiger partial charge in [0.1, 0.15) is 5.75 Å². The van der Waals surface area contributed by atoms with Crippen molar-refractivity contribution < 1.29 is 9.53 Å². The van der Waals surface area contributed by atoms with Gasteiger partial charge in [-0.1, -0.05) is 37.6 Å². The zero-order valence-electron chi connectivity index (χ0n) is 14.0. The van der Waals surface area contributed by atoms with Crippen molar-refractivity contribution in [3.8, 4) is 5.75 Å². The standard InChI is InChI=1S/C19H23ClN2O2/c1-14(2)9-10-24-18-8-4-6-16(12-18)21-13-19(23)22-17-7-3-5-15(20)11-17/h3-8,11-12,14,21H,9-10,13H2,1-2H3,(H,22,23). The van der Waals surface area contributed by atoms with Crippen LogP contribution in [-0.2, 0) is 4.79 Å². The third kappa shape index (κ3) is 6.50. The van der Waals surface area contributed by atoms with Gasteiger partial charge in [-0.25, -0.2) is 0 Å². The first-order chi connectivity index (χ1) is 11.5. The highest BCUT2D eigenvalue weighted by molar-refractivity contribution is 6.30. The number of rotatable bonds is 8. The number of benzene rings is 2. The van der Waals surface area contributed by atoms with E-state index in [9.17, 15) is 4.79 Å². The summed E-state index contributed by atoms with van der Waals surface area (Å²) in [5, 5.41) is 6.48. The molecule has 5 heteroatoms. The highest BCUT2D eigenvalue weighted by Gasteiger charge is 2.04. The minimum Gasteiger partial charge on any atom is -0.494 e. The summed E-state index contributed by atoms with van der Waals surface area (Å²) in [6, 6.07) is 14.7. The normalized spacial score (nSPS) is 10.5. The summed E-state index contributed by atoms with van der Waals surface area (Å²) in [5.74, 6) is 1.28. The number of ether oxygens (including phenoxy) is 1. The van der Waals surface area contributed by atoms with Gasteiger partial charge in [0.2, 0.25) is 5.91 Å². The second kappa shape index (κ2) is 9.18. The molecule has 0 atom stereocenters. The predicted molar refractivity (Wildman–Crippen MR) is 100.0 cm³/mol. The summed E-state index contributed by atoms with van der Waals surface area (Å²) in [4.78, 5) is 12.0. The lowest BCUT2D eigenvalue weighted by Crippen LogP contribution is -2.21. The molecule has 0 aromatic heterocycles. The van der Waals surface area contributed by atoms with Crippen molar-refractivity contribution in [2.45, 2.75) is 20.3 Å². The zero-order chi connectivity index (χ0) is 17.4. The van der Waals surface area contributed by atoms with Gasteiger partial charge in [0, 0.05) is 22.5 Å². The second-order valence-corrected chi connectivity index (χ2v) is 6.41. The molecule has 2 aromatic carbocycles. The van der Waals surface area contributed by atoms with Crippen molar-refractivity contribution in [3.05, 3.63) is 53.6 Å². The first-order valence-corrected chi connectivity index (χ1v) is 8.43. The van der Waals surface area contributed by atoms with E-state index >= 15 is 0 Å². The third-order valence-electron chi connectivity index (χ3n) is 3.36. The topological polar surface area (TPSA) is 50.4 Å². The second-order valence-electron chi connectivity index (χ2n) is 5.97. The van der Waals surface area contributed by atoms with Crippen molar-refractivity contribution in [1.29, 1.82) is 0 Å². The Morgan fingerprint density at radius 3 is 2.62 bits per heavy atom. The SMILES string of the molecule is CC(C)CCOc1cccc(NCC(=O)Nc2cccc(Cl)c2)c1. The molecule has 0 unspecified atom stereocenters. The predicted octanol–water partition coefficient (Wildman–Crippen LogP) is 4.82. The van der Waals surface area contributed by atoms with E-state index in [1.807, 2.05) is 24.3 Å². The number of nitrogens with one attached hydrogen (secondary N) is 2. The molecule has 2 aromatic rings. The molecule has 1 amide bonds. The number of amides is 1. The smallest absolute Gasteiger partial charge is 0.243 e. The lowest BCUT2D eigenvalue weighted by Gasteiger charge is -2.11. The molecule has 0 fully saturated rings. The molecule has 0 aliphatic carbocycles. The molecule has 0 saturated heterocycles. The molecule has 2 rings (SSSR count). The molecule has 0 radical (unpaired) electrons. The fourth-order valence-electron chi connectivity index (χ4n) is 2.06. The average molecular weight is 347 g/mol. The van der Waals surface area contributed by atoms with Crippen LogP contribution in [0.4, 0.5) is 11.4 Å². The molecular weight excluding hydrogens is 324 g/mol. The third-order valence-corrected chi connectivity index (χ3v) is 3.59. The first-order valence-electron chi connectivity index (χ1n) is 8.05. The van der Waals surface area contributed by atoms with Crippen LogP contribution in [0.3, 0.4) is 0 Å². The quantitative estimate of drug-likeness (QED) is 0.720. The molecule has 0 aliphatic heterocycles. The fraction of sp³-hybridized carbons (Fsp3) is 0.316. The van der Waals surface area contributed by atoms with E-state index in [1.54, 1.807) is 24.3 Å². The van der Waals surface area contributed by atoms with E-state index < -0.39 is 0 Å². The van der Waals surface area contributed by atoms with Gasteiger partial charge < -0.3 is 15.4 Å². The Bertz CT molecular complexity index is 674. The van der Waals surface area contributed by atoms with Crippen molar-refractivity contribution in [3.63, 3.8) is 0 Å². The maximum atomic E-state index is 12.0. The van der Waals surface area contributed by atoms with E-state index in [0.717, 1.165) is 17.9 Å². The molecule has 4 nitrogen and oxygen atoms in total. The van der Waals surface area contributed by atoms with E-state index in [2.05, 4.69) is 24.5 Å². The van der Waals surface area contributed by atoms with Crippen molar-refractivity contribution in [1.82, 2.24) is 0 Å². The minimum atomic E-state index is -0.136. The van der Waals surface area contributed by atoms with Gasteiger partial charge in [-0.2, -0.15) is 0 Å². The van der Waals surface area contributed by atoms with Gasteiger partial charge in [0.05, 0.1) is 13.2 Å². The molecule has 0 saturated carbocycles. The van der Waals surface area contributed by atoms with Crippen LogP contribution in [-0.4, -0.2) is 19.1 Å². The van der Waals surface area contributed by atoms with Crippen LogP contribution >= 0.6 is 11.6 Å². The van der Waals surface area contributed by atoms with Gasteiger partial charge in [-0.15, -0.1) is 0 Å². The summed E-state index contributed by atoms with van der Waals surface area (Å²) in [6.07, 6.45) is 1.01. The van der Waals surface area contributed by atoms with Crippen LogP contribution in [0, 0.1) is 5.92 Å². The van der Waals surface area contributed by atoms with Crippen LogP contribution in [0.5, 0.6) is 5.75 Å². The lowest BCUT2D eigenvalue weighted by molar-refractivity contribution is -0.114. The highest BCUT2D eigenvalue weighted by Crippen LogP contribution is 2.18. The molecule has 0 spiro atoms. The summed E-state index contributed by atoms with van der Waals surface area (Å²) in [7, 11) is 0. The largest absolute Gasteiger partial charge is 0.494 e. The number of carbonyl (C=O) groups excluding carboxylic acids is 1. The van der Waals surface area contributed by atoms with Gasteiger partial charge in [-0.05, 0) is 42.7 Å². The van der Waals surface area contributed by atoms with Gasteiger partial charge in [0.25, 0.3) is 0 Å². The highest BCUT2D eigenvalue weighted by atomic mass is 35.5. The zero-order valence-corrected chi connectivity index (χ0v) is 14.8. The monoisotopic (exact) mass is 346 g/mol. The van der Waals surface area contributed by atoms with Crippen molar-refractivity contribution >= 4 is 28.9 Å². The Hall–Kier alpha value is -2.20. The summed E-state index contributed by atoms with van der Waals surface area (Å²) in [5.41, 5.74) is 1.53. The van der Waals surface area contributed by atoms with Crippen LogP contribution in [0.15, 0.2) is 48.5 Å². The Morgan fingerprint density at radius 2 is 1.88 bits per heavy atom. The minimum absolute atomic E-state index is 0.136. The number of carbonyl (C=O) groups is 1. The van der Waals surface area contributed by atoms with Crippen molar-refractivity contribution in [2.24, 2.45) is 5.92 Å². The van der Waals surface area contributed by atoms with E-state index in [0.29, 0.717) is 23.2 Å². The first kappa shape index (κ1) is 18.1. The number of hydrogen-bond acceptors (Lipinski definition) is 3. The number of anilines is 2. The molecule has 0 bridgehead atoms. The molecule has 0 aliphatic rings. The van der Waals surface area contributed by atoms with E-state index in [-0.39, 0.29) is 12.5 Å². The number of halogens is 1. The van der Waals surface area contributed by atoms with E-state index in [1.165, 1.54) is 0 Å². The molecule has 0 heterocycles. The van der Waals surface area contributed by atoms with Crippen molar-refractivity contribution in [2.75, 3.05) is 23.8 Å². The molecular formula is C19H23ClN2O2. The Labute approximate surface area is 148 Å². The fourth-order valence-corrected chi connectivity index (χ4v) is 2.25. The molecule has 24 heavy (non-hydrogen) atoms. The van der Waals surface area contributed by atoms with Crippen LogP contribution < -0.4 is 15.4 Å². The molecule has 128 valence electrons. The maximum absolute atomic E-state index is 12.0. The maximum Gasteiger partial charge on any atom is 0.243 e. The summed E-state index contributed by atoms with van der Waals surface area (Å²) in [6.45, 7) is 5.19. The summed E-state index contributed by atoms with van der Waals surface area (Å²) < 4.78 is 5.72. The van der Waals surface area contributed by atoms with Gasteiger partial charge >= 0.3 is 0 Å². The van der Waals surface area contributed by atoms with Crippen LogP contribution in [0.25, 0.3) is 0 Å². The van der Waals surface area contributed by atoms with Gasteiger partial charge in [0.15, 0.2) is 0 Å². The lowest BCUT2D eigenvalue weighted by atomic mass is 10.1.